The maximum absolute atomic E-state index is 13.4. The molecule has 0 aromatic heterocycles. The lowest BCUT2D eigenvalue weighted by atomic mass is 10.1. The van der Waals surface area contributed by atoms with Gasteiger partial charge in [0.05, 0.1) is 16.7 Å². The molecule has 0 unspecified atom stereocenters. The number of ether oxygens (including phenoxy) is 9. The van der Waals surface area contributed by atoms with Crippen molar-refractivity contribution in [2.24, 2.45) is 0 Å². The van der Waals surface area contributed by atoms with Gasteiger partial charge in [-0.1, -0.05) is 0 Å². The molecule has 4 aromatic rings. The number of benzene rings is 4. The van der Waals surface area contributed by atoms with Crippen LogP contribution in [0.2, 0.25) is 0 Å². The zero-order valence-electron chi connectivity index (χ0n) is 32.8. The number of hydrogen-bond donors (Lipinski definition) is 0. The Kier molecular flexibility index (Phi) is 13.3. The zero-order chi connectivity index (χ0) is 42.1. The normalized spacial score (nSPS) is 11.3. The first-order chi connectivity index (χ1) is 26.5. The monoisotopic (exact) mass is 786 g/mol. The van der Waals surface area contributed by atoms with Gasteiger partial charge >= 0.3 is 36.4 Å². The van der Waals surface area contributed by atoms with Gasteiger partial charge in [-0.15, -0.1) is 0 Å². The molecule has 0 bridgehead atoms. The molecule has 0 aliphatic heterocycles. The summed E-state index contributed by atoms with van der Waals surface area (Å²) in [7, 11) is 0. The van der Waals surface area contributed by atoms with Gasteiger partial charge in [-0.3, -0.25) is 0 Å². The maximum atomic E-state index is 13.4. The molecule has 0 aliphatic carbocycles. The van der Waals surface area contributed by atoms with E-state index in [1.165, 1.54) is 72.8 Å². The lowest BCUT2D eigenvalue weighted by Gasteiger charge is -2.18. The topological polar surface area (TPSA) is 185 Å². The Labute approximate surface area is 328 Å². The summed E-state index contributed by atoms with van der Waals surface area (Å²) in [6.07, 6.45) is -2.78. The van der Waals surface area contributed by atoms with E-state index in [9.17, 15) is 28.8 Å². The van der Waals surface area contributed by atoms with E-state index in [1.54, 1.807) is 62.3 Å². The third-order valence-electron chi connectivity index (χ3n) is 6.52. The Hall–Kier alpha value is -6.90. The van der Waals surface area contributed by atoms with Crippen molar-refractivity contribution in [3.63, 3.8) is 0 Å². The molecular formula is C42H42O15. The second-order valence-corrected chi connectivity index (χ2v) is 15.1. The molecule has 0 spiro atoms. The molecule has 15 heteroatoms. The number of esters is 3. The Morgan fingerprint density at radius 3 is 0.667 bits per heavy atom. The standard InChI is InChI=1S/C42H42O15/c1-40(2,3)55-37(46)52-31-16-10-28(11-17-31)49-34(43)25-22-26(35(44)50-29-12-18-32(19-13-29)53-38(47)56-41(4,5)6)24-27(23-25)36(45)51-30-14-20-33(21-15-30)54-39(48)57-42(7,8)9/h10-24H,1-9H3. The number of rotatable bonds is 9. The van der Waals surface area contributed by atoms with Gasteiger partial charge < -0.3 is 42.6 Å². The molecular weight excluding hydrogens is 744 g/mol. The van der Waals surface area contributed by atoms with E-state index in [4.69, 9.17) is 42.6 Å². The Morgan fingerprint density at radius 2 is 0.491 bits per heavy atom. The van der Waals surface area contributed by atoms with Gasteiger partial charge in [0.2, 0.25) is 0 Å². The first-order valence-corrected chi connectivity index (χ1v) is 17.3. The van der Waals surface area contributed by atoms with Crippen LogP contribution in [0.3, 0.4) is 0 Å². The highest BCUT2D eigenvalue weighted by Crippen LogP contribution is 2.25. The average molecular weight is 787 g/mol. The summed E-state index contributed by atoms with van der Waals surface area (Å²) in [4.78, 5) is 76.2. The summed E-state index contributed by atoms with van der Waals surface area (Å²) in [6, 6.07) is 19.9. The highest BCUT2D eigenvalue weighted by Gasteiger charge is 2.23. The molecule has 0 aliphatic rings. The predicted octanol–water partition coefficient (Wildman–Crippen LogP) is 9.29. The van der Waals surface area contributed by atoms with Crippen LogP contribution in [0.5, 0.6) is 34.5 Å². The SMILES string of the molecule is CC(C)(C)OC(=O)Oc1ccc(OC(=O)c2cc(C(=O)Oc3ccc(OC(=O)OC(C)(C)C)cc3)cc(C(=O)Oc3ccc(OC(=O)OC(C)(C)C)cc3)c2)cc1. The summed E-state index contributed by atoms with van der Waals surface area (Å²) in [5.41, 5.74) is -3.01. The molecule has 0 radical (unpaired) electrons. The average Bonchev–Trinajstić information content (AvgIpc) is 3.08. The van der Waals surface area contributed by atoms with Crippen molar-refractivity contribution in [3.05, 3.63) is 108 Å². The van der Waals surface area contributed by atoms with Crippen LogP contribution in [0, 0.1) is 0 Å². The summed E-state index contributed by atoms with van der Waals surface area (Å²) in [6.45, 7) is 15.1. The molecule has 0 saturated heterocycles. The third-order valence-corrected chi connectivity index (χ3v) is 6.52. The van der Waals surface area contributed by atoms with Crippen molar-refractivity contribution in [2.75, 3.05) is 0 Å². The fraction of sp³-hybridized carbons (Fsp3) is 0.286. The van der Waals surface area contributed by atoms with Crippen molar-refractivity contribution in [3.8, 4) is 34.5 Å². The Morgan fingerprint density at radius 1 is 0.316 bits per heavy atom. The molecule has 0 N–H and O–H groups in total. The summed E-state index contributed by atoms with van der Waals surface area (Å²) in [5, 5.41) is 0. The van der Waals surface area contributed by atoms with Crippen molar-refractivity contribution in [1.29, 1.82) is 0 Å². The molecule has 300 valence electrons. The highest BCUT2D eigenvalue weighted by molar-refractivity contribution is 6.02. The smallest absolute Gasteiger partial charge is 0.428 e. The van der Waals surface area contributed by atoms with Crippen LogP contribution < -0.4 is 28.4 Å². The minimum atomic E-state index is -0.966. The molecule has 0 fully saturated rings. The molecule has 0 saturated carbocycles. The lowest BCUT2D eigenvalue weighted by Crippen LogP contribution is -2.25. The molecule has 0 atom stereocenters. The quantitative estimate of drug-likeness (QED) is 0.0676. The van der Waals surface area contributed by atoms with Gasteiger partial charge in [0, 0.05) is 0 Å². The minimum absolute atomic E-state index is 0.0380. The van der Waals surface area contributed by atoms with Crippen molar-refractivity contribution in [1.82, 2.24) is 0 Å². The van der Waals surface area contributed by atoms with Gasteiger partial charge in [-0.25, -0.2) is 28.8 Å². The molecule has 0 heterocycles. The predicted molar refractivity (Wildman–Crippen MR) is 201 cm³/mol. The van der Waals surface area contributed by atoms with Gasteiger partial charge in [0.1, 0.15) is 51.3 Å². The fourth-order valence-electron chi connectivity index (χ4n) is 4.31. The molecule has 4 rings (SSSR count). The molecule has 0 amide bonds. The first-order valence-electron chi connectivity index (χ1n) is 17.3. The lowest BCUT2D eigenvalue weighted by molar-refractivity contribution is 0.0193. The molecule has 15 nitrogen and oxygen atoms in total. The molecule has 4 aromatic carbocycles. The van der Waals surface area contributed by atoms with Crippen LogP contribution in [0.15, 0.2) is 91.0 Å². The van der Waals surface area contributed by atoms with Crippen LogP contribution in [-0.4, -0.2) is 53.2 Å². The van der Waals surface area contributed by atoms with Crippen molar-refractivity contribution < 1.29 is 71.4 Å². The van der Waals surface area contributed by atoms with E-state index >= 15 is 0 Å². The summed E-state index contributed by atoms with van der Waals surface area (Å²) >= 11 is 0. The van der Waals surface area contributed by atoms with Crippen LogP contribution in [0.25, 0.3) is 0 Å². The van der Waals surface area contributed by atoms with Gasteiger partial charge in [-0.05, 0) is 153 Å². The third kappa shape index (κ3) is 14.7. The summed E-state index contributed by atoms with van der Waals surface area (Å²) < 4.78 is 47.2. The minimum Gasteiger partial charge on any atom is -0.428 e. The number of hydrogen-bond acceptors (Lipinski definition) is 15. The van der Waals surface area contributed by atoms with Crippen molar-refractivity contribution >= 4 is 36.4 Å². The maximum Gasteiger partial charge on any atom is 0.514 e. The Bertz CT molecular complexity index is 1840. The van der Waals surface area contributed by atoms with E-state index in [2.05, 4.69) is 0 Å². The molecule has 57 heavy (non-hydrogen) atoms. The van der Waals surface area contributed by atoms with Gasteiger partial charge in [0.25, 0.3) is 0 Å². The largest absolute Gasteiger partial charge is 0.514 e. The number of carbonyl (C=O) groups excluding carboxylic acids is 6. The highest BCUT2D eigenvalue weighted by atomic mass is 16.7. The van der Waals surface area contributed by atoms with Crippen LogP contribution in [0.1, 0.15) is 93.4 Å². The van der Waals surface area contributed by atoms with Crippen LogP contribution >= 0.6 is 0 Å². The van der Waals surface area contributed by atoms with E-state index < -0.39 is 53.2 Å². The fourth-order valence-corrected chi connectivity index (χ4v) is 4.31. The second kappa shape index (κ2) is 17.7. The van der Waals surface area contributed by atoms with E-state index in [0.717, 1.165) is 18.2 Å². The van der Waals surface area contributed by atoms with Crippen LogP contribution in [-0.2, 0) is 14.2 Å². The zero-order valence-corrected chi connectivity index (χ0v) is 32.8. The van der Waals surface area contributed by atoms with Gasteiger partial charge in [0.15, 0.2) is 0 Å². The van der Waals surface area contributed by atoms with Crippen molar-refractivity contribution in [2.45, 2.75) is 79.1 Å². The van der Waals surface area contributed by atoms with E-state index in [0.29, 0.717) is 0 Å². The van der Waals surface area contributed by atoms with Gasteiger partial charge in [-0.2, -0.15) is 0 Å². The van der Waals surface area contributed by atoms with E-state index in [1.807, 2.05) is 0 Å². The second-order valence-electron chi connectivity index (χ2n) is 15.1. The Balaban J connectivity index is 1.54. The first kappa shape index (κ1) is 42.8. The van der Waals surface area contributed by atoms with E-state index in [-0.39, 0.29) is 51.2 Å². The summed E-state index contributed by atoms with van der Waals surface area (Å²) in [5.74, 6) is -2.43. The van der Waals surface area contributed by atoms with Crippen LogP contribution in [0.4, 0.5) is 14.4 Å². The number of carbonyl (C=O) groups is 6.